The van der Waals surface area contributed by atoms with Gasteiger partial charge in [0.1, 0.15) is 11.6 Å². The van der Waals surface area contributed by atoms with Gasteiger partial charge in [-0.25, -0.2) is 17.2 Å². The Hall–Kier alpha value is -1.79. The second-order valence-electron chi connectivity index (χ2n) is 6.49. The van der Waals surface area contributed by atoms with Crippen LogP contribution in [0.3, 0.4) is 0 Å². The van der Waals surface area contributed by atoms with Gasteiger partial charge in [-0.2, -0.15) is 0 Å². The predicted octanol–water partition coefficient (Wildman–Crippen LogP) is 3.79. The van der Waals surface area contributed by atoms with Gasteiger partial charge < -0.3 is 5.32 Å². The van der Waals surface area contributed by atoms with Crippen LogP contribution in [-0.2, 0) is 9.84 Å². The molecule has 0 amide bonds. The zero-order valence-corrected chi connectivity index (χ0v) is 14.8. The number of sulfone groups is 1. The third-order valence-corrected chi connectivity index (χ3v) is 7.26. The molecule has 1 atom stereocenters. The maximum absolute atomic E-state index is 13.9. The lowest BCUT2D eigenvalue weighted by Crippen LogP contribution is -2.36. The molecule has 3 nitrogen and oxygen atoms in total. The molecular weight excluding hydrogens is 344 g/mol. The van der Waals surface area contributed by atoms with Crippen molar-refractivity contribution in [2.24, 2.45) is 5.92 Å². The van der Waals surface area contributed by atoms with E-state index >= 15 is 0 Å². The minimum absolute atomic E-state index is 0.139. The fraction of sp³-hybridized carbons (Fsp3) is 0.368. The Morgan fingerprint density at radius 3 is 2.28 bits per heavy atom. The molecule has 3 rings (SSSR count). The molecule has 0 saturated carbocycles. The van der Waals surface area contributed by atoms with Crippen LogP contribution in [0.4, 0.5) is 8.78 Å². The summed E-state index contributed by atoms with van der Waals surface area (Å²) in [6.45, 7) is 3.44. The number of hydrogen-bond donors (Lipinski definition) is 1. The van der Waals surface area contributed by atoms with Gasteiger partial charge in [-0.3, -0.25) is 0 Å². The van der Waals surface area contributed by atoms with Crippen molar-refractivity contribution in [1.82, 2.24) is 5.32 Å². The fourth-order valence-corrected chi connectivity index (χ4v) is 5.05. The number of benzene rings is 2. The van der Waals surface area contributed by atoms with Crippen LogP contribution in [0, 0.1) is 17.6 Å². The van der Waals surface area contributed by atoms with Crippen molar-refractivity contribution >= 4 is 9.84 Å². The summed E-state index contributed by atoms with van der Waals surface area (Å²) in [4.78, 5) is 0.241. The normalized spacial score (nSPS) is 17.4. The molecule has 1 aliphatic rings. The minimum atomic E-state index is -3.44. The molecule has 134 valence electrons. The van der Waals surface area contributed by atoms with Gasteiger partial charge in [-0.15, -0.1) is 0 Å². The summed E-state index contributed by atoms with van der Waals surface area (Å²) in [6.07, 6.45) is 1.69. The maximum atomic E-state index is 13.9. The monoisotopic (exact) mass is 365 g/mol. The first kappa shape index (κ1) is 18.0. The van der Waals surface area contributed by atoms with Crippen LogP contribution < -0.4 is 5.32 Å². The highest BCUT2D eigenvalue weighted by atomic mass is 32.2. The molecule has 2 aromatic carbocycles. The third-order valence-electron chi connectivity index (χ3n) is 4.96. The van der Waals surface area contributed by atoms with Crippen LogP contribution in [0.15, 0.2) is 47.4 Å². The molecule has 0 bridgehead atoms. The number of nitrogens with one attached hydrogen (secondary N) is 1. The van der Waals surface area contributed by atoms with Crippen LogP contribution in [0.2, 0.25) is 0 Å². The van der Waals surface area contributed by atoms with Crippen molar-refractivity contribution in [2.45, 2.75) is 29.9 Å². The average molecular weight is 365 g/mol. The molecule has 1 aliphatic heterocycles. The Kier molecular flexibility index (Phi) is 5.20. The Labute approximate surface area is 147 Å². The van der Waals surface area contributed by atoms with E-state index in [1.807, 2.05) is 0 Å². The molecule has 0 aromatic heterocycles. The standard InChI is InChI=1S/C19H21F2NO2S/c1-13(14-8-10-22-11-9-14)25(23,24)17-5-2-15(3-6-17)18-7-4-16(20)12-19(18)21/h2-7,12-14,22H,8-11H2,1H3. The van der Waals surface area contributed by atoms with Gasteiger partial charge >= 0.3 is 0 Å². The summed E-state index contributed by atoms with van der Waals surface area (Å²) in [5.74, 6) is -1.17. The molecule has 1 saturated heterocycles. The second-order valence-corrected chi connectivity index (χ2v) is 8.79. The second kappa shape index (κ2) is 7.22. The minimum Gasteiger partial charge on any atom is -0.317 e. The van der Waals surface area contributed by atoms with Crippen LogP contribution >= 0.6 is 0 Å². The van der Waals surface area contributed by atoms with Gasteiger partial charge in [-0.05, 0) is 68.6 Å². The van der Waals surface area contributed by atoms with Crippen molar-refractivity contribution in [3.63, 3.8) is 0 Å². The van der Waals surface area contributed by atoms with E-state index in [1.165, 1.54) is 24.3 Å². The number of rotatable bonds is 4. The van der Waals surface area contributed by atoms with Crippen LogP contribution in [0.25, 0.3) is 11.1 Å². The van der Waals surface area contributed by atoms with E-state index in [9.17, 15) is 17.2 Å². The van der Waals surface area contributed by atoms with Gasteiger partial charge in [0.2, 0.25) is 0 Å². The summed E-state index contributed by atoms with van der Waals surface area (Å²) in [6, 6.07) is 9.50. The lowest BCUT2D eigenvalue weighted by atomic mass is 9.95. The van der Waals surface area contributed by atoms with Crippen molar-refractivity contribution < 1.29 is 17.2 Å². The Morgan fingerprint density at radius 2 is 1.68 bits per heavy atom. The Bertz CT molecular complexity index is 844. The molecule has 0 spiro atoms. The van der Waals surface area contributed by atoms with Crippen LogP contribution in [0.5, 0.6) is 0 Å². The SMILES string of the molecule is CC(C1CCNCC1)S(=O)(=O)c1ccc(-c2ccc(F)cc2F)cc1. The van der Waals surface area contributed by atoms with Gasteiger partial charge in [0.05, 0.1) is 10.1 Å². The number of piperidine rings is 1. The van der Waals surface area contributed by atoms with E-state index in [0.717, 1.165) is 32.0 Å². The zero-order valence-electron chi connectivity index (χ0n) is 14.0. The van der Waals surface area contributed by atoms with Crippen molar-refractivity contribution in [3.8, 4) is 11.1 Å². The number of halogens is 2. The van der Waals surface area contributed by atoms with E-state index in [1.54, 1.807) is 19.1 Å². The van der Waals surface area contributed by atoms with E-state index in [-0.39, 0.29) is 16.4 Å². The van der Waals surface area contributed by atoms with Gasteiger partial charge in [0, 0.05) is 11.6 Å². The summed E-state index contributed by atoms with van der Waals surface area (Å²) in [5, 5.41) is 2.78. The lowest BCUT2D eigenvalue weighted by molar-refractivity contribution is 0.363. The van der Waals surface area contributed by atoms with Gasteiger partial charge in [0.15, 0.2) is 9.84 Å². The maximum Gasteiger partial charge on any atom is 0.181 e. The molecule has 25 heavy (non-hydrogen) atoms. The van der Waals surface area contributed by atoms with Crippen LogP contribution in [0.1, 0.15) is 19.8 Å². The summed E-state index contributed by atoms with van der Waals surface area (Å²) in [7, 11) is -3.44. The average Bonchev–Trinajstić information content (AvgIpc) is 2.62. The fourth-order valence-electron chi connectivity index (χ4n) is 3.33. The summed E-state index contributed by atoms with van der Waals surface area (Å²) >= 11 is 0. The van der Waals surface area contributed by atoms with E-state index in [2.05, 4.69) is 5.32 Å². The molecule has 1 fully saturated rings. The third kappa shape index (κ3) is 3.75. The number of hydrogen-bond acceptors (Lipinski definition) is 3. The molecule has 2 aromatic rings. The first-order chi connectivity index (χ1) is 11.9. The van der Waals surface area contributed by atoms with Crippen molar-refractivity contribution in [3.05, 3.63) is 54.1 Å². The van der Waals surface area contributed by atoms with Crippen LogP contribution in [-0.4, -0.2) is 26.8 Å². The van der Waals surface area contributed by atoms with Crippen molar-refractivity contribution in [2.75, 3.05) is 13.1 Å². The van der Waals surface area contributed by atoms with E-state index in [4.69, 9.17) is 0 Å². The van der Waals surface area contributed by atoms with Gasteiger partial charge in [-0.1, -0.05) is 12.1 Å². The van der Waals surface area contributed by atoms with Gasteiger partial charge in [0.25, 0.3) is 0 Å². The highest BCUT2D eigenvalue weighted by Gasteiger charge is 2.31. The summed E-state index contributed by atoms with van der Waals surface area (Å²) in [5.41, 5.74) is 0.766. The topological polar surface area (TPSA) is 46.2 Å². The first-order valence-electron chi connectivity index (χ1n) is 8.39. The molecule has 1 N–H and O–H groups in total. The smallest absolute Gasteiger partial charge is 0.181 e. The quantitative estimate of drug-likeness (QED) is 0.897. The lowest BCUT2D eigenvalue weighted by Gasteiger charge is -2.28. The molecule has 1 heterocycles. The largest absolute Gasteiger partial charge is 0.317 e. The molecule has 6 heteroatoms. The van der Waals surface area contributed by atoms with E-state index < -0.39 is 26.7 Å². The zero-order chi connectivity index (χ0) is 18.0. The predicted molar refractivity (Wildman–Crippen MR) is 94.0 cm³/mol. The Balaban J connectivity index is 1.85. The van der Waals surface area contributed by atoms with Crippen molar-refractivity contribution in [1.29, 1.82) is 0 Å². The van der Waals surface area contributed by atoms with E-state index in [0.29, 0.717) is 5.56 Å². The Morgan fingerprint density at radius 1 is 1.04 bits per heavy atom. The highest BCUT2D eigenvalue weighted by molar-refractivity contribution is 7.92. The summed E-state index contributed by atoms with van der Waals surface area (Å²) < 4.78 is 52.6. The molecular formula is C19H21F2NO2S. The first-order valence-corrected chi connectivity index (χ1v) is 9.94. The molecule has 1 unspecified atom stereocenters. The molecule has 0 aliphatic carbocycles. The highest BCUT2D eigenvalue weighted by Crippen LogP contribution is 2.29. The molecule has 0 radical (unpaired) electrons.